The summed E-state index contributed by atoms with van der Waals surface area (Å²) in [6, 6.07) is 18.0. The highest BCUT2D eigenvalue weighted by atomic mass is 79.9. The Morgan fingerprint density at radius 2 is 1.77 bits per heavy atom. The normalized spacial score (nSPS) is 13.4. The fraction of sp³-hybridized carbons (Fsp3) is 0.278. The van der Waals surface area contributed by atoms with Gasteiger partial charge in [-0.3, -0.25) is 4.79 Å². The second-order valence-corrected chi connectivity index (χ2v) is 6.32. The minimum absolute atomic E-state index is 0.0294. The van der Waals surface area contributed by atoms with Crippen LogP contribution in [0.4, 0.5) is 5.69 Å². The van der Waals surface area contributed by atoms with E-state index in [1.807, 2.05) is 49.4 Å². The zero-order valence-corrected chi connectivity index (χ0v) is 14.5. The van der Waals surface area contributed by atoms with Gasteiger partial charge in [0.05, 0.1) is 0 Å². The van der Waals surface area contributed by atoms with Crippen molar-refractivity contribution in [2.24, 2.45) is 0 Å². The molecule has 116 valence electrons. The molecule has 1 amide bonds. The fourth-order valence-electron chi connectivity index (χ4n) is 2.41. The number of hydrogen-bond acceptors (Lipinski definition) is 1. The molecule has 0 spiro atoms. The molecular formula is C18H22BrN2O+. The molecule has 2 aromatic rings. The number of quaternary nitrogens is 1. The largest absolute Gasteiger partial charge is 0.330 e. The number of nitrogens with two attached hydrogens (primary N) is 1. The topological polar surface area (TPSA) is 45.7 Å². The van der Waals surface area contributed by atoms with Crippen LogP contribution in [0, 0.1) is 0 Å². The Balaban J connectivity index is 1.98. The van der Waals surface area contributed by atoms with Crippen LogP contribution in [0.2, 0.25) is 0 Å². The Bertz CT molecular complexity index is 598. The molecule has 3 N–H and O–H groups in total. The van der Waals surface area contributed by atoms with E-state index in [1.165, 1.54) is 5.56 Å². The van der Waals surface area contributed by atoms with Gasteiger partial charge < -0.3 is 10.6 Å². The molecule has 0 saturated carbocycles. The third kappa shape index (κ3) is 4.68. The summed E-state index contributed by atoms with van der Waals surface area (Å²) in [6.07, 6.45) is 0.977. The van der Waals surface area contributed by atoms with Gasteiger partial charge in [0, 0.05) is 22.1 Å². The summed E-state index contributed by atoms with van der Waals surface area (Å²) in [5.41, 5.74) is 2.08. The molecule has 2 rings (SSSR count). The van der Waals surface area contributed by atoms with Crippen LogP contribution in [0.25, 0.3) is 0 Å². The molecule has 0 aliphatic carbocycles. The van der Waals surface area contributed by atoms with E-state index in [9.17, 15) is 4.79 Å². The number of nitrogens with one attached hydrogen (secondary N) is 1. The molecule has 0 aliphatic heterocycles. The van der Waals surface area contributed by atoms with Crippen LogP contribution in [0.3, 0.4) is 0 Å². The summed E-state index contributed by atoms with van der Waals surface area (Å²) in [6.45, 7) is 4.09. The van der Waals surface area contributed by atoms with E-state index in [1.54, 1.807) is 0 Å². The molecule has 0 radical (unpaired) electrons. The molecule has 2 atom stereocenters. The van der Waals surface area contributed by atoms with Crippen LogP contribution in [-0.2, 0) is 4.79 Å². The van der Waals surface area contributed by atoms with Gasteiger partial charge in [-0.05, 0) is 31.2 Å². The SMILES string of the molecule is CC[C@H]([NH2+][C@@H](C)C(=O)Nc1ccccc1)c1ccc(Br)cc1. The van der Waals surface area contributed by atoms with Crippen LogP contribution in [0.5, 0.6) is 0 Å². The van der Waals surface area contributed by atoms with Gasteiger partial charge in [0.15, 0.2) is 6.04 Å². The maximum Gasteiger partial charge on any atom is 0.282 e. The molecule has 3 nitrogen and oxygen atoms in total. The van der Waals surface area contributed by atoms with Gasteiger partial charge in [0.1, 0.15) is 6.04 Å². The monoisotopic (exact) mass is 361 g/mol. The molecule has 0 aliphatic rings. The van der Waals surface area contributed by atoms with Gasteiger partial charge in [-0.2, -0.15) is 0 Å². The maximum atomic E-state index is 12.3. The zero-order valence-electron chi connectivity index (χ0n) is 12.9. The van der Waals surface area contributed by atoms with Gasteiger partial charge in [-0.25, -0.2) is 0 Å². The molecule has 0 unspecified atom stereocenters. The van der Waals surface area contributed by atoms with Crippen LogP contribution in [0.15, 0.2) is 59.1 Å². The van der Waals surface area contributed by atoms with Gasteiger partial charge in [-0.15, -0.1) is 0 Å². The highest BCUT2D eigenvalue weighted by molar-refractivity contribution is 9.10. The van der Waals surface area contributed by atoms with Crippen molar-refractivity contribution >= 4 is 27.5 Å². The van der Waals surface area contributed by atoms with E-state index >= 15 is 0 Å². The molecule has 0 bridgehead atoms. The Kier molecular flexibility index (Phi) is 6.16. The predicted octanol–water partition coefficient (Wildman–Crippen LogP) is 3.49. The van der Waals surface area contributed by atoms with Crippen LogP contribution in [-0.4, -0.2) is 11.9 Å². The zero-order chi connectivity index (χ0) is 15.9. The number of benzene rings is 2. The minimum atomic E-state index is -0.145. The molecular weight excluding hydrogens is 340 g/mol. The molecule has 0 heterocycles. The summed E-state index contributed by atoms with van der Waals surface area (Å²) in [4.78, 5) is 12.3. The van der Waals surface area contributed by atoms with Crippen LogP contribution < -0.4 is 10.6 Å². The van der Waals surface area contributed by atoms with Crippen molar-refractivity contribution in [2.45, 2.75) is 32.4 Å². The second-order valence-electron chi connectivity index (χ2n) is 5.40. The molecule has 2 aromatic carbocycles. The first-order valence-electron chi connectivity index (χ1n) is 7.56. The standard InChI is InChI=1S/C18H21BrN2O/c1-3-17(14-9-11-15(19)12-10-14)20-13(2)18(22)21-16-7-5-4-6-8-16/h4-13,17,20H,3H2,1-2H3,(H,21,22)/p+1/t13-,17-/m0/s1. The number of anilines is 1. The third-order valence-electron chi connectivity index (χ3n) is 3.71. The second kappa shape index (κ2) is 8.11. The lowest BCUT2D eigenvalue weighted by Crippen LogP contribution is -2.92. The molecule has 0 saturated heterocycles. The van der Waals surface area contributed by atoms with Crippen molar-refractivity contribution in [1.82, 2.24) is 0 Å². The molecule has 0 fully saturated rings. The number of para-hydroxylation sites is 1. The molecule has 22 heavy (non-hydrogen) atoms. The number of amides is 1. The lowest BCUT2D eigenvalue weighted by molar-refractivity contribution is -0.713. The van der Waals surface area contributed by atoms with Crippen molar-refractivity contribution in [3.05, 3.63) is 64.6 Å². The quantitative estimate of drug-likeness (QED) is 0.812. The van der Waals surface area contributed by atoms with E-state index in [-0.39, 0.29) is 18.0 Å². The Hall–Kier alpha value is -1.65. The van der Waals surface area contributed by atoms with E-state index in [0.29, 0.717) is 0 Å². The maximum absolute atomic E-state index is 12.3. The van der Waals surface area contributed by atoms with E-state index < -0.39 is 0 Å². The Morgan fingerprint density at radius 1 is 1.14 bits per heavy atom. The lowest BCUT2D eigenvalue weighted by Gasteiger charge is -2.19. The average Bonchev–Trinajstić information content (AvgIpc) is 2.54. The number of rotatable bonds is 6. The summed E-state index contributed by atoms with van der Waals surface area (Å²) < 4.78 is 1.07. The Labute approximate surface area is 140 Å². The smallest absolute Gasteiger partial charge is 0.282 e. The number of halogens is 1. The first kappa shape index (κ1) is 16.7. The van der Waals surface area contributed by atoms with Gasteiger partial charge in [0.25, 0.3) is 5.91 Å². The fourth-order valence-corrected chi connectivity index (χ4v) is 2.67. The highest BCUT2D eigenvalue weighted by Gasteiger charge is 2.22. The summed E-state index contributed by atoms with van der Waals surface area (Å²) in [5.74, 6) is 0.0294. The number of carbonyl (C=O) groups is 1. The van der Waals surface area contributed by atoms with Crippen molar-refractivity contribution in [3.8, 4) is 0 Å². The van der Waals surface area contributed by atoms with Crippen molar-refractivity contribution in [3.63, 3.8) is 0 Å². The summed E-state index contributed by atoms with van der Waals surface area (Å²) in [5, 5.41) is 5.08. The van der Waals surface area contributed by atoms with Crippen molar-refractivity contribution in [2.75, 3.05) is 5.32 Å². The minimum Gasteiger partial charge on any atom is -0.330 e. The third-order valence-corrected chi connectivity index (χ3v) is 4.24. The first-order valence-corrected chi connectivity index (χ1v) is 8.35. The summed E-state index contributed by atoms with van der Waals surface area (Å²) in [7, 11) is 0. The average molecular weight is 362 g/mol. The number of carbonyl (C=O) groups excluding carboxylic acids is 1. The highest BCUT2D eigenvalue weighted by Crippen LogP contribution is 2.16. The van der Waals surface area contributed by atoms with E-state index in [0.717, 1.165) is 16.6 Å². The predicted molar refractivity (Wildman–Crippen MR) is 93.6 cm³/mol. The molecule has 0 aromatic heterocycles. The van der Waals surface area contributed by atoms with Gasteiger partial charge in [-0.1, -0.05) is 53.2 Å². The van der Waals surface area contributed by atoms with Crippen LogP contribution >= 0.6 is 15.9 Å². The van der Waals surface area contributed by atoms with Crippen molar-refractivity contribution < 1.29 is 10.1 Å². The number of hydrogen-bond donors (Lipinski definition) is 2. The first-order chi connectivity index (χ1) is 10.6. The van der Waals surface area contributed by atoms with E-state index in [4.69, 9.17) is 0 Å². The Morgan fingerprint density at radius 3 is 2.36 bits per heavy atom. The van der Waals surface area contributed by atoms with E-state index in [2.05, 4.69) is 45.6 Å². The van der Waals surface area contributed by atoms with Crippen molar-refractivity contribution in [1.29, 1.82) is 0 Å². The lowest BCUT2D eigenvalue weighted by atomic mass is 10.0. The van der Waals surface area contributed by atoms with Gasteiger partial charge in [0.2, 0.25) is 0 Å². The molecule has 4 heteroatoms. The van der Waals surface area contributed by atoms with Gasteiger partial charge >= 0.3 is 0 Å². The van der Waals surface area contributed by atoms with Crippen LogP contribution in [0.1, 0.15) is 31.9 Å². The summed E-state index contributed by atoms with van der Waals surface area (Å²) >= 11 is 3.45.